The predicted molar refractivity (Wildman–Crippen MR) is 72.1 cm³/mol. The molecule has 17 heavy (non-hydrogen) atoms. The van der Waals surface area contributed by atoms with Gasteiger partial charge in [-0.1, -0.05) is 26.7 Å². The highest BCUT2D eigenvalue weighted by atomic mass is 16.5. The second-order valence-corrected chi connectivity index (χ2v) is 4.40. The van der Waals surface area contributed by atoms with Gasteiger partial charge in [0.15, 0.2) is 0 Å². The van der Waals surface area contributed by atoms with Crippen LogP contribution in [0.15, 0.2) is 0 Å². The van der Waals surface area contributed by atoms with Gasteiger partial charge in [0.2, 0.25) is 0 Å². The molecular formula is C14H29NO2. The summed E-state index contributed by atoms with van der Waals surface area (Å²) in [7, 11) is 0. The minimum atomic E-state index is -0.0502. The lowest BCUT2D eigenvalue weighted by Crippen LogP contribution is -2.25. The molecule has 0 atom stereocenters. The van der Waals surface area contributed by atoms with Gasteiger partial charge < -0.3 is 9.64 Å². The van der Waals surface area contributed by atoms with E-state index in [-0.39, 0.29) is 5.97 Å². The van der Waals surface area contributed by atoms with Gasteiger partial charge in [-0.05, 0) is 45.8 Å². The SMILES string of the molecule is CCCCN(CC)CCCCCC(=O)OCC. The molecule has 0 rings (SSSR count). The highest BCUT2D eigenvalue weighted by Crippen LogP contribution is 2.04. The van der Waals surface area contributed by atoms with E-state index in [9.17, 15) is 4.79 Å². The topological polar surface area (TPSA) is 29.5 Å². The zero-order valence-corrected chi connectivity index (χ0v) is 11.8. The third-order valence-electron chi connectivity index (χ3n) is 2.94. The summed E-state index contributed by atoms with van der Waals surface area (Å²) in [6.07, 6.45) is 6.41. The van der Waals surface area contributed by atoms with Crippen molar-refractivity contribution in [3.05, 3.63) is 0 Å². The van der Waals surface area contributed by atoms with Crippen molar-refractivity contribution in [3.63, 3.8) is 0 Å². The van der Waals surface area contributed by atoms with Crippen LogP contribution >= 0.6 is 0 Å². The van der Waals surface area contributed by atoms with Crippen LogP contribution in [-0.4, -0.2) is 37.1 Å². The zero-order chi connectivity index (χ0) is 12.9. The first-order valence-electron chi connectivity index (χ1n) is 7.12. The summed E-state index contributed by atoms with van der Waals surface area (Å²) < 4.78 is 4.89. The largest absolute Gasteiger partial charge is 0.466 e. The molecule has 0 aliphatic heterocycles. The predicted octanol–water partition coefficient (Wildman–Crippen LogP) is 3.23. The zero-order valence-electron chi connectivity index (χ0n) is 11.8. The highest BCUT2D eigenvalue weighted by Gasteiger charge is 2.03. The quantitative estimate of drug-likeness (QED) is 0.412. The lowest BCUT2D eigenvalue weighted by atomic mass is 10.2. The van der Waals surface area contributed by atoms with Crippen LogP contribution in [-0.2, 0) is 9.53 Å². The van der Waals surface area contributed by atoms with Crippen LogP contribution in [0, 0.1) is 0 Å². The second kappa shape index (κ2) is 11.9. The van der Waals surface area contributed by atoms with Crippen LogP contribution in [0.4, 0.5) is 0 Å². The number of carbonyl (C=O) groups is 1. The van der Waals surface area contributed by atoms with Gasteiger partial charge in [0.25, 0.3) is 0 Å². The van der Waals surface area contributed by atoms with Crippen molar-refractivity contribution in [1.29, 1.82) is 0 Å². The fraction of sp³-hybridized carbons (Fsp3) is 0.929. The second-order valence-electron chi connectivity index (χ2n) is 4.40. The Morgan fingerprint density at radius 2 is 1.71 bits per heavy atom. The lowest BCUT2D eigenvalue weighted by molar-refractivity contribution is -0.143. The Kier molecular flexibility index (Phi) is 11.5. The van der Waals surface area contributed by atoms with Crippen LogP contribution < -0.4 is 0 Å². The smallest absolute Gasteiger partial charge is 0.305 e. The molecule has 3 heteroatoms. The molecule has 0 aromatic rings. The molecule has 0 spiro atoms. The molecule has 0 heterocycles. The van der Waals surface area contributed by atoms with Crippen molar-refractivity contribution in [2.75, 3.05) is 26.2 Å². The van der Waals surface area contributed by atoms with Crippen LogP contribution in [0.25, 0.3) is 0 Å². The Morgan fingerprint density at radius 1 is 1.00 bits per heavy atom. The summed E-state index contributed by atoms with van der Waals surface area (Å²) in [5, 5.41) is 0. The molecule has 0 saturated heterocycles. The molecule has 0 aromatic carbocycles. The van der Waals surface area contributed by atoms with Gasteiger partial charge in [-0.2, -0.15) is 0 Å². The number of rotatable bonds is 11. The van der Waals surface area contributed by atoms with E-state index in [1.54, 1.807) is 0 Å². The van der Waals surface area contributed by atoms with Gasteiger partial charge in [0.05, 0.1) is 6.61 Å². The molecule has 0 radical (unpaired) electrons. The maximum Gasteiger partial charge on any atom is 0.305 e. The minimum absolute atomic E-state index is 0.0502. The first-order chi connectivity index (χ1) is 8.24. The summed E-state index contributed by atoms with van der Waals surface area (Å²) in [5.41, 5.74) is 0. The number of carbonyl (C=O) groups excluding carboxylic acids is 1. The van der Waals surface area contributed by atoms with Gasteiger partial charge in [-0.3, -0.25) is 4.79 Å². The monoisotopic (exact) mass is 243 g/mol. The van der Waals surface area contributed by atoms with Crippen molar-refractivity contribution in [2.45, 2.75) is 59.3 Å². The third kappa shape index (κ3) is 10.3. The van der Waals surface area contributed by atoms with Crippen molar-refractivity contribution >= 4 is 5.97 Å². The number of esters is 1. The van der Waals surface area contributed by atoms with E-state index in [1.165, 1.54) is 32.4 Å². The Labute approximate surface area is 107 Å². The summed E-state index contributed by atoms with van der Waals surface area (Å²) in [6.45, 7) is 10.3. The molecule has 0 fully saturated rings. The minimum Gasteiger partial charge on any atom is -0.466 e. The summed E-state index contributed by atoms with van der Waals surface area (Å²) in [5.74, 6) is -0.0502. The number of ether oxygens (including phenoxy) is 1. The van der Waals surface area contributed by atoms with E-state index in [1.807, 2.05) is 6.92 Å². The molecule has 0 saturated carbocycles. The van der Waals surface area contributed by atoms with Crippen molar-refractivity contribution < 1.29 is 9.53 Å². The first-order valence-corrected chi connectivity index (χ1v) is 7.12. The number of hydrogen-bond donors (Lipinski definition) is 0. The summed E-state index contributed by atoms with van der Waals surface area (Å²) in [4.78, 5) is 13.6. The molecule has 0 unspecified atom stereocenters. The van der Waals surface area contributed by atoms with Gasteiger partial charge in [0, 0.05) is 6.42 Å². The van der Waals surface area contributed by atoms with E-state index < -0.39 is 0 Å². The van der Waals surface area contributed by atoms with Crippen molar-refractivity contribution in [1.82, 2.24) is 4.90 Å². The van der Waals surface area contributed by atoms with Gasteiger partial charge in [0.1, 0.15) is 0 Å². The fourth-order valence-electron chi connectivity index (χ4n) is 1.82. The molecule has 0 aliphatic carbocycles. The molecule has 0 aliphatic rings. The molecule has 102 valence electrons. The standard InChI is InChI=1S/C14H29NO2/c1-4-7-12-15(5-2)13-10-8-9-11-14(16)17-6-3/h4-13H2,1-3H3. The lowest BCUT2D eigenvalue weighted by Gasteiger charge is -2.19. The molecule has 3 nitrogen and oxygen atoms in total. The summed E-state index contributed by atoms with van der Waals surface area (Å²) in [6, 6.07) is 0. The number of unbranched alkanes of at least 4 members (excludes halogenated alkanes) is 3. The van der Waals surface area contributed by atoms with Gasteiger partial charge >= 0.3 is 5.97 Å². The van der Waals surface area contributed by atoms with E-state index in [0.29, 0.717) is 13.0 Å². The van der Waals surface area contributed by atoms with Crippen molar-refractivity contribution in [3.8, 4) is 0 Å². The van der Waals surface area contributed by atoms with Crippen LogP contribution in [0.5, 0.6) is 0 Å². The van der Waals surface area contributed by atoms with Crippen molar-refractivity contribution in [2.24, 2.45) is 0 Å². The molecule has 0 bridgehead atoms. The van der Waals surface area contributed by atoms with Gasteiger partial charge in [-0.25, -0.2) is 0 Å². The van der Waals surface area contributed by atoms with Crippen LogP contribution in [0.2, 0.25) is 0 Å². The molecular weight excluding hydrogens is 214 g/mol. The van der Waals surface area contributed by atoms with E-state index >= 15 is 0 Å². The average Bonchev–Trinajstić information content (AvgIpc) is 2.33. The highest BCUT2D eigenvalue weighted by molar-refractivity contribution is 5.69. The van der Waals surface area contributed by atoms with E-state index in [4.69, 9.17) is 4.74 Å². The molecule has 0 aromatic heterocycles. The third-order valence-corrected chi connectivity index (χ3v) is 2.94. The Balaban J connectivity index is 3.39. The first kappa shape index (κ1) is 16.4. The normalized spacial score (nSPS) is 10.8. The number of nitrogens with zero attached hydrogens (tertiary/aromatic N) is 1. The molecule has 0 amide bonds. The van der Waals surface area contributed by atoms with Crippen LogP contribution in [0.1, 0.15) is 59.3 Å². The maximum absolute atomic E-state index is 11.1. The average molecular weight is 243 g/mol. The fourth-order valence-corrected chi connectivity index (χ4v) is 1.82. The Bertz CT molecular complexity index is 183. The van der Waals surface area contributed by atoms with E-state index in [2.05, 4.69) is 18.7 Å². The van der Waals surface area contributed by atoms with Gasteiger partial charge in [-0.15, -0.1) is 0 Å². The Morgan fingerprint density at radius 3 is 2.29 bits per heavy atom. The van der Waals surface area contributed by atoms with E-state index in [0.717, 1.165) is 19.4 Å². The maximum atomic E-state index is 11.1. The molecule has 0 N–H and O–H groups in total. The summed E-state index contributed by atoms with van der Waals surface area (Å²) >= 11 is 0. The number of hydrogen-bond acceptors (Lipinski definition) is 3. The Hall–Kier alpha value is -0.570. The van der Waals surface area contributed by atoms with Crippen LogP contribution in [0.3, 0.4) is 0 Å².